The number of benzene rings is 7. The van der Waals surface area contributed by atoms with Crippen molar-refractivity contribution in [3.05, 3.63) is 164 Å². The third-order valence-electron chi connectivity index (χ3n) is 9.89. The van der Waals surface area contributed by atoms with Gasteiger partial charge in [-0.3, -0.25) is 0 Å². The molecule has 53 heavy (non-hydrogen) atoms. The molecule has 248 valence electrons. The van der Waals surface area contributed by atoms with E-state index in [2.05, 4.69) is 108 Å². The molecule has 0 aliphatic rings. The van der Waals surface area contributed by atoms with Gasteiger partial charge in [-0.1, -0.05) is 97.1 Å². The second kappa shape index (κ2) is 11.8. The van der Waals surface area contributed by atoms with Gasteiger partial charge in [0, 0.05) is 49.5 Å². The number of para-hydroxylation sites is 3. The third-order valence-corrected chi connectivity index (χ3v) is 11.0. The molecule has 0 spiro atoms. The molecule has 0 amide bonds. The second-order valence-electron chi connectivity index (χ2n) is 13.1. The Balaban J connectivity index is 1.10. The summed E-state index contributed by atoms with van der Waals surface area (Å²) in [4.78, 5) is 20.3. The number of aromatic nitrogens is 5. The smallest absolute Gasteiger partial charge is 0.164 e. The molecule has 7 heteroatoms. The van der Waals surface area contributed by atoms with Crippen molar-refractivity contribution in [1.29, 1.82) is 0 Å². The standard InChI is InChI=1S/C46H27N5OS/c1-3-12-28(13-4-1)43-48-44(29-23-25-38-35(26-29)32-16-7-9-19-37(32)51(38)31-14-5-2-6-15-31)50-45(49-43)34-17-11-20-39-42(34)33-24-22-30(27-40(33)52-39)46-47-36-18-8-10-21-41(36)53-46/h1-27H. The van der Waals surface area contributed by atoms with Gasteiger partial charge in [-0.05, 0) is 66.7 Å². The molecule has 11 aromatic rings. The number of hydrogen-bond acceptors (Lipinski definition) is 6. The van der Waals surface area contributed by atoms with E-state index in [0.29, 0.717) is 17.5 Å². The summed E-state index contributed by atoms with van der Waals surface area (Å²) in [5, 5.41) is 5.24. The van der Waals surface area contributed by atoms with Crippen molar-refractivity contribution >= 4 is 65.3 Å². The zero-order valence-corrected chi connectivity index (χ0v) is 29.0. The summed E-state index contributed by atoms with van der Waals surface area (Å²) < 4.78 is 9.99. The minimum absolute atomic E-state index is 0.587. The van der Waals surface area contributed by atoms with Crippen LogP contribution in [0.1, 0.15) is 0 Å². The van der Waals surface area contributed by atoms with Crippen molar-refractivity contribution < 1.29 is 4.42 Å². The van der Waals surface area contributed by atoms with Crippen molar-refractivity contribution in [2.24, 2.45) is 0 Å². The number of thiazole rings is 1. The third kappa shape index (κ3) is 4.86. The monoisotopic (exact) mass is 697 g/mol. The summed E-state index contributed by atoms with van der Waals surface area (Å²) in [6.45, 7) is 0. The predicted molar refractivity (Wildman–Crippen MR) is 216 cm³/mol. The first kappa shape index (κ1) is 29.7. The van der Waals surface area contributed by atoms with E-state index in [-0.39, 0.29) is 0 Å². The summed E-state index contributed by atoms with van der Waals surface area (Å²) in [6.07, 6.45) is 0. The van der Waals surface area contributed by atoms with Gasteiger partial charge in [-0.15, -0.1) is 11.3 Å². The van der Waals surface area contributed by atoms with Crippen LogP contribution in [0.3, 0.4) is 0 Å². The highest BCUT2D eigenvalue weighted by atomic mass is 32.1. The lowest BCUT2D eigenvalue weighted by Crippen LogP contribution is -2.00. The SMILES string of the molecule is c1ccc(-c2nc(-c3ccc4c(c3)c3ccccc3n4-c3ccccc3)nc(-c3cccc4oc5cc(-c6nc7ccccc7s6)ccc5c34)n2)cc1. The van der Waals surface area contributed by atoms with Gasteiger partial charge in [0.05, 0.1) is 21.3 Å². The van der Waals surface area contributed by atoms with Crippen LogP contribution in [0.15, 0.2) is 168 Å². The fourth-order valence-corrected chi connectivity index (χ4v) is 8.41. The molecule has 4 aromatic heterocycles. The van der Waals surface area contributed by atoms with Crippen molar-refractivity contribution in [3.63, 3.8) is 0 Å². The fourth-order valence-electron chi connectivity index (χ4n) is 7.45. The summed E-state index contributed by atoms with van der Waals surface area (Å²) >= 11 is 1.68. The van der Waals surface area contributed by atoms with E-state index in [9.17, 15) is 0 Å². The Morgan fingerprint density at radius 2 is 1.17 bits per heavy atom. The Morgan fingerprint density at radius 1 is 0.453 bits per heavy atom. The normalized spacial score (nSPS) is 11.8. The van der Waals surface area contributed by atoms with Crippen LogP contribution in [0.2, 0.25) is 0 Å². The molecule has 0 saturated carbocycles. The topological polar surface area (TPSA) is 69.6 Å². The van der Waals surface area contributed by atoms with E-state index < -0.39 is 0 Å². The Labute approximate surface area is 307 Å². The molecule has 0 N–H and O–H groups in total. The number of fused-ring (bicyclic) bond motifs is 7. The molecule has 11 rings (SSSR count). The minimum atomic E-state index is 0.587. The zero-order valence-electron chi connectivity index (χ0n) is 28.1. The summed E-state index contributed by atoms with van der Waals surface area (Å²) in [6, 6.07) is 56.3. The summed E-state index contributed by atoms with van der Waals surface area (Å²) in [7, 11) is 0. The first-order chi connectivity index (χ1) is 26.2. The first-order valence-electron chi connectivity index (χ1n) is 17.5. The number of nitrogens with zero attached hydrogens (tertiary/aromatic N) is 5. The van der Waals surface area contributed by atoms with Gasteiger partial charge in [0.1, 0.15) is 16.2 Å². The Hall–Kier alpha value is -6.96. The van der Waals surface area contributed by atoms with Gasteiger partial charge in [0.2, 0.25) is 0 Å². The van der Waals surface area contributed by atoms with Gasteiger partial charge < -0.3 is 8.98 Å². The molecule has 0 fully saturated rings. The van der Waals surface area contributed by atoms with E-state index >= 15 is 0 Å². The van der Waals surface area contributed by atoms with Crippen LogP contribution >= 0.6 is 11.3 Å². The van der Waals surface area contributed by atoms with Crippen molar-refractivity contribution in [1.82, 2.24) is 24.5 Å². The van der Waals surface area contributed by atoms with E-state index in [0.717, 1.165) is 81.5 Å². The Morgan fingerprint density at radius 3 is 2.04 bits per heavy atom. The molecule has 0 aliphatic heterocycles. The predicted octanol–water partition coefficient (Wildman–Crippen LogP) is 12.1. The van der Waals surface area contributed by atoms with Gasteiger partial charge in [0.25, 0.3) is 0 Å². The van der Waals surface area contributed by atoms with Crippen LogP contribution in [0.5, 0.6) is 0 Å². The van der Waals surface area contributed by atoms with Gasteiger partial charge >= 0.3 is 0 Å². The molecule has 4 heterocycles. The largest absolute Gasteiger partial charge is 0.456 e. The van der Waals surface area contributed by atoms with E-state index in [1.165, 1.54) is 5.39 Å². The van der Waals surface area contributed by atoms with Gasteiger partial charge in [-0.2, -0.15) is 0 Å². The van der Waals surface area contributed by atoms with Crippen LogP contribution in [-0.4, -0.2) is 24.5 Å². The average molecular weight is 698 g/mol. The maximum Gasteiger partial charge on any atom is 0.164 e. The van der Waals surface area contributed by atoms with E-state index in [4.69, 9.17) is 24.4 Å². The second-order valence-corrected chi connectivity index (χ2v) is 14.1. The maximum absolute atomic E-state index is 6.51. The van der Waals surface area contributed by atoms with Crippen LogP contribution in [0, 0.1) is 0 Å². The van der Waals surface area contributed by atoms with Crippen molar-refractivity contribution in [2.75, 3.05) is 0 Å². The van der Waals surface area contributed by atoms with Crippen LogP contribution < -0.4 is 0 Å². The maximum atomic E-state index is 6.51. The molecule has 6 nitrogen and oxygen atoms in total. The Bertz CT molecular complexity index is 3150. The van der Waals surface area contributed by atoms with Gasteiger partial charge in [0.15, 0.2) is 17.5 Å². The van der Waals surface area contributed by atoms with Gasteiger partial charge in [-0.25, -0.2) is 19.9 Å². The fraction of sp³-hybridized carbons (Fsp3) is 0. The molecule has 0 radical (unpaired) electrons. The quantitative estimate of drug-likeness (QED) is 0.179. The lowest BCUT2D eigenvalue weighted by Gasteiger charge is -2.10. The highest BCUT2D eigenvalue weighted by Crippen LogP contribution is 2.40. The highest BCUT2D eigenvalue weighted by molar-refractivity contribution is 7.21. The first-order valence-corrected chi connectivity index (χ1v) is 18.3. The lowest BCUT2D eigenvalue weighted by atomic mass is 10.0. The number of hydrogen-bond donors (Lipinski definition) is 0. The zero-order chi connectivity index (χ0) is 34.9. The molecular formula is C46H27N5OS. The van der Waals surface area contributed by atoms with Crippen LogP contribution in [0.25, 0.3) is 104 Å². The molecule has 0 aliphatic carbocycles. The summed E-state index contributed by atoms with van der Waals surface area (Å²) in [5.41, 5.74) is 9.71. The van der Waals surface area contributed by atoms with E-state index in [1.54, 1.807) is 11.3 Å². The molecule has 0 unspecified atom stereocenters. The summed E-state index contributed by atoms with van der Waals surface area (Å²) in [5.74, 6) is 1.81. The highest BCUT2D eigenvalue weighted by Gasteiger charge is 2.20. The lowest BCUT2D eigenvalue weighted by molar-refractivity contribution is 0.669. The number of rotatable bonds is 5. The van der Waals surface area contributed by atoms with Crippen molar-refractivity contribution in [3.8, 4) is 50.4 Å². The molecular weight excluding hydrogens is 671 g/mol. The molecule has 0 atom stereocenters. The number of furan rings is 1. The van der Waals surface area contributed by atoms with Crippen LogP contribution in [-0.2, 0) is 0 Å². The Kier molecular flexibility index (Phi) is 6.62. The minimum Gasteiger partial charge on any atom is -0.456 e. The van der Waals surface area contributed by atoms with Crippen molar-refractivity contribution in [2.45, 2.75) is 0 Å². The van der Waals surface area contributed by atoms with Crippen LogP contribution in [0.4, 0.5) is 0 Å². The molecule has 7 aromatic carbocycles. The molecule has 0 saturated heterocycles. The average Bonchev–Trinajstić information content (AvgIpc) is 3.93. The van der Waals surface area contributed by atoms with E-state index in [1.807, 2.05) is 60.7 Å². The molecule has 0 bridgehead atoms.